The molecule has 4 heteroatoms. The Balaban J connectivity index is 2.69. The molecule has 0 fully saturated rings. The van der Waals surface area contributed by atoms with Crippen molar-refractivity contribution >= 4 is 11.9 Å². The van der Waals surface area contributed by atoms with Gasteiger partial charge in [-0.05, 0) is 56.6 Å². The molecule has 1 rings (SSSR count). The fourth-order valence-electron chi connectivity index (χ4n) is 3.05. The van der Waals surface area contributed by atoms with Gasteiger partial charge in [0.2, 0.25) is 0 Å². The molecule has 0 heterocycles. The molecule has 0 spiro atoms. The summed E-state index contributed by atoms with van der Waals surface area (Å²) in [6.07, 6.45) is 15.1. The summed E-state index contributed by atoms with van der Waals surface area (Å²) in [6, 6.07) is 0. The summed E-state index contributed by atoms with van der Waals surface area (Å²) in [4.78, 5) is 22.0. The second-order valence-corrected chi connectivity index (χ2v) is 7.50. The Hall–Kier alpha value is -2.36. The van der Waals surface area contributed by atoms with E-state index in [2.05, 4.69) is 37.7 Å². The first-order valence-electron chi connectivity index (χ1n) is 8.98. The van der Waals surface area contributed by atoms with Gasteiger partial charge < -0.3 is 10.5 Å². The molecule has 0 aromatic heterocycles. The van der Waals surface area contributed by atoms with Crippen molar-refractivity contribution in [1.82, 2.24) is 0 Å². The number of carbonyl (C=O) groups is 2. The van der Waals surface area contributed by atoms with Crippen LogP contribution in [-0.4, -0.2) is 18.5 Å². The maximum absolute atomic E-state index is 11.5. The quantitative estimate of drug-likeness (QED) is 0.413. The second-order valence-electron chi connectivity index (χ2n) is 7.50. The Morgan fingerprint density at radius 1 is 1.19 bits per heavy atom. The highest BCUT2D eigenvalue weighted by Crippen LogP contribution is 2.40. The zero-order chi connectivity index (χ0) is 19.7. The summed E-state index contributed by atoms with van der Waals surface area (Å²) in [5.74, 6) is -1.25. The molecule has 4 nitrogen and oxygen atoms in total. The molecule has 0 aromatic rings. The van der Waals surface area contributed by atoms with E-state index in [-0.39, 0.29) is 5.41 Å². The molecule has 0 atom stereocenters. The number of nitrogens with two attached hydrogens (primary N) is 1. The van der Waals surface area contributed by atoms with Crippen LogP contribution >= 0.6 is 0 Å². The Labute approximate surface area is 157 Å². The third kappa shape index (κ3) is 7.68. The molecule has 0 saturated carbocycles. The summed E-state index contributed by atoms with van der Waals surface area (Å²) < 4.78 is 4.68. The number of primary amides is 1. The van der Waals surface area contributed by atoms with E-state index in [1.54, 1.807) is 6.92 Å². The molecule has 142 valence electrons. The topological polar surface area (TPSA) is 69.4 Å². The maximum atomic E-state index is 11.5. The third-order valence-electron chi connectivity index (χ3n) is 4.48. The van der Waals surface area contributed by atoms with E-state index in [0.29, 0.717) is 0 Å². The fraction of sp³-hybridized carbons (Fsp3) is 0.455. The van der Waals surface area contributed by atoms with Crippen molar-refractivity contribution in [2.24, 2.45) is 11.1 Å². The third-order valence-corrected chi connectivity index (χ3v) is 4.48. The molecule has 0 radical (unpaired) electrons. The normalized spacial score (nSPS) is 18.7. The largest absolute Gasteiger partial charge is 0.452 e. The summed E-state index contributed by atoms with van der Waals surface area (Å²) in [6.45, 7) is 10.3. The van der Waals surface area contributed by atoms with Crippen LogP contribution in [0.25, 0.3) is 0 Å². The first-order valence-corrected chi connectivity index (χ1v) is 8.98. The number of hydrogen-bond donors (Lipinski definition) is 1. The van der Waals surface area contributed by atoms with Crippen LogP contribution in [0.3, 0.4) is 0 Å². The minimum Gasteiger partial charge on any atom is -0.452 e. The molecule has 2 N–H and O–H groups in total. The minimum absolute atomic E-state index is 0.236. The first kappa shape index (κ1) is 21.7. The number of amides is 1. The van der Waals surface area contributed by atoms with Crippen LogP contribution in [0.2, 0.25) is 0 Å². The van der Waals surface area contributed by atoms with E-state index < -0.39 is 18.5 Å². The predicted octanol–water partition coefficient (Wildman–Crippen LogP) is 4.55. The lowest BCUT2D eigenvalue weighted by molar-refractivity contribution is -0.142. The van der Waals surface area contributed by atoms with Crippen LogP contribution in [0, 0.1) is 5.41 Å². The molecular formula is C22H31NO3. The van der Waals surface area contributed by atoms with Crippen LogP contribution in [-0.2, 0) is 14.3 Å². The molecule has 26 heavy (non-hydrogen) atoms. The van der Waals surface area contributed by atoms with Gasteiger partial charge in [0.25, 0.3) is 5.91 Å². The SMILES string of the molecule is CC1=C(/C=C/C(C)=C/C=C/C(C)=C/C(=O)OCC(N)=O)C(C)(C)CCC1. The lowest BCUT2D eigenvalue weighted by Gasteiger charge is -2.32. The van der Waals surface area contributed by atoms with Crippen LogP contribution in [0.5, 0.6) is 0 Å². The molecule has 0 aromatic carbocycles. The zero-order valence-corrected chi connectivity index (χ0v) is 16.6. The van der Waals surface area contributed by atoms with Gasteiger partial charge in [0.1, 0.15) is 0 Å². The minimum atomic E-state index is -0.670. The van der Waals surface area contributed by atoms with Crippen LogP contribution in [0.15, 0.2) is 58.7 Å². The Morgan fingerprint density at radius 2 is 1.88 bits per heavy atom. The van der Waals surface area contributed by atoms with Crippen molar-refractivity contribution in [1.29, 1.82) is 0 Å². The maximum Gasteiger partial charge on any atom is 0.331 e. The summed E-state index contributed by atoms with van der Waals surface area (Å²) in [5, 5.41) is 0. The summed E-state index contributed by atoms with van der Waals surface area (Å²) in [7, 11) is 0. The Morgan fingerprint density at radius 3 is 2.50 bits per heavy atom. The van der Waals surface area contributed by atoms with Crippen molar-refractivity contribution < 1.29 is 14.3 Å². The number of allylic oxidation sites excluding steroid dienone is 9. The highest BCUT2D eigenvalue weighted by atomic mass is 16.5. The van der Waals surface area contributed by atoms with Gasteiger partial charge in [-0.25, -0.2) is 4.79 Å². The summed E-state index contributed by atoms with van der Waals surface area (Å²) >= 11 is 0. The molecule has 1 amide bonds. The van der Waals surface area contributed by atoms with Crippen LogP contribution in [0.4, 0.5) is 0 Å². The van der Waals surface area contributed by atoms with E-state index in [4.69, 9.17) is 5.73 Å². The van der Waals surface area contributed by atoms with Gasteiger partial charge in [0.15, 0.2) is 6.61 Å². The average Bonchev–Trinajstić information content (AvgIpc) is 2.51. The van der Waals surface area contributed by atoms with E-state index in [1.807, 2.05) is 25.2 Å². The van der Waals surface area contributed by atoms with Crippen LogP contribution < -0.4 is 5.73 Å². The van der Waals surface area contributed by atoms with Gasteiger partial charge in [-0.1, -0.05) is 55.4 Å². The standard InChI is InChI=1S/C22H31NO3/c1-16(11-12-19-18(3)10-7-13-22(19,4)5)8-6-9-17(2)14-21(25)26-15-20(23)24/h6,8-9,11-12,14H,7,10,13,15H2,1-5H3,(H2,23,24)/b9-6+,12-11+,16-8+,17-14+. The molecule has 0 bridgehead atoms. The molecule has 1 aliphatic rings. The van der Waals surface area contributed by atoms with Gasteiger partial charge in [0.05, 0.1) is 0 Å². The summed E-state index contributed by atoms with van der Waals surface area (Å²) in [5.41, 5.74) is 9.95. The Bertz CT molecular complexity index is 688. The average molecular weight is 357 g/mol. The number of hydrogen-bond acceptors (Lipinski definition) is 3. The number of rotatable bonds is 7. The van der Waals surface area contributed by atoms with Gasteiger partial charge in [-0.2, -0.15) is 0 Å². The van der Waals surface area contributed by atoms with E-state index in [1.165, 1.54) is 36.5 Å². The monoisotopic (exact) mass is 357 g/mol. The van der Waals surface area contributed by atoms with E-state index in [0.717, 1.165) is 11.1 Å². The Kier molecular flexibility index (Phi) is 8.30. The van der Waals surface area contributed by atoms with Crippen molar-refractivity contribution in [3.8, 4) is 0 Å². The number of ether oxygens (including phenoxy) is 1. The van der Waals surface area contributed by atoms with E-state index >= 15 is 0 Å². The van der Waals surface area contributed by atoms with E-state index in [9.17, 15) is 9.59 Å². The van der Waals surface area contributed by atoms with Gasteiger partial charge in [0, 0.05) is 6.08 Å². The van der Waals surface area contributed by atoms with Crippen molar-refractivity contribution in [3.05, 3.63) is 58.7 Å². The second kappa shape index (κ2) is 9.95. The van der Waals surface area contributed by atoms with Crippen molar-refractivity contribution in [2.75, 3.05) is 6.61 Å². The molecule has 1 aliphatic carbocycles. The van der Waals surface area contributed by atoms with Gasteiger partial charge in [-0.15, -0.1) is 0 Å². The molecule has 0 unspecified atom stereocenters. The molecule has 0 aliphatic heterocycles. The highest BCUT2D eigenvalue weighted by Gasteiger charge is 2.26. The molecular weight excluding hydrogens is 326 g/mol. The smallest absolute Gasteiger partial charge is 0.331 e. The predicted molar refractivity (Wildman–Crippen MR) is 106 cm³/mol. The lowest BCUT2D eigenvalue weighted by Crippen LogP contribution is -2.20. The van der Waals surface area contributed by atoms with Crippen molar-refractivity contribution in [3.63, 3.8) is 0 Å². The number of esters is 1. The highest BCUT2D eigenvalue weighted by molar-refractivity contribution is 5.86. The van der Waals surface area contributed by atoms with Gasteiger partial charge >= 0.3 is 5.97 Å². The number of carbonyl (C=O) groups excluding carboxylic acids is 2. The van der Waals surface area contributed by atoms with Gasteiger partial charge in [-0.3, -0.25) is 4.79 Å². The lowest BCUT2D eigenvalue weighted by atomic mass is 9.72. The first-order chi connectivity index (χ1) is 12.1. The van der Waals surface area contributed by atoms with Crippen LogP contribution in [0.1, 0.15) is 53.9 Å². The zero-order valence-electron chi connectivity index (χ0n) is 16.6. The molecule has 0 saturated heterocycles. The van der Waals surface area contributed by atoms with Crippen molar-refractivity contribution in [2.45, 2.75) is 53.9 Å². The fourth-order valence-corrected chi connectivity index (χ4v) is 3.05.